The van der Waals surface area contributed by atoms with E-state index in [9.17, 15) is 0 Å². The number of benzene rings is 5. The number of rotatable bonds is 3. The standard InChI is InChI=1S/C29H21N2/c1-2-8-21(9-3-1)20-31-15-14-30-19-28(31)29-26-13-7-6-12-24(26)17-25-16-22-10-4-5-11-23(22)18-27(25)29/h1-19H,20H2/q+1. The van der Waals surface area contributed by atoms with Gasteiger partial charge in [0.25, 0.3) is 0 Å². The summed E-state index contributed by atoms with van der Waals surface area (Å²) in [4.78, 5) is 4.52. The Labute approximate surface area is 181 Å². The van der Waals surface area contributed by atoms with E-state index in [0.717, 1.165) is 12.2 Å². The van der Waals surface area contributed by atoms with Gasteiger partial charge in [0.05, 0.1) is 18.0 Å². The quantitative estimate of drug-likeness (QED) is 0.245. The molecule has 0 aliphatic rings. The Morgan fingerprint density at radius 3 is 2.13 bits per heavy atom. The van der Waals surface area contributed by atoms with Crippen molar-refractivity contribution in [1.82, 2.24) is 4.98 Å². The second-order valence-electron chi connectivity index (χ2n) is 7.97. The Morgan fingerprint density at radius 1 is 0.613 bits per heavy atom. The molecular formula is C29H21N2+. The highest BCUT2D eigenvalue weighted by Gasteiger charge is 2.20. The first kappa shape index (κ1) is 17.8. The molecule has 146 valence electrons. The SMILES string of the molecule is c1ccc(C[n+]2ccncc2-c2c3ccccc3cc3cc4ccccc4cc23)cc1. The zero-order valence-corrected chi connectivity index (χ0v) is 17.1. The van der Waals surface area contributed by atoms with Crippen LogP contribution in [0.3, 0.4) is 0 Å². The molecule has 0 aliphatic carbocycles. The monoisotopic (exact) mass is 397 g/mol. The average Bonchev–Trinajstić information content (AvgIpc) is 2.82. The maximum Gasteiger partial charge on any atom is 0.232 e. The van der Waals surface area contributed by atoms with Crippen LogP contribution >= 0.6 is 0 Å². The van der Waals surface area contributed by atoms with Crippen molar-refractivity contribution in [3.8, 4) is 11.3 Å². The summed E-state index contributed by atoms with van der Waals surface area (Å²) in [6.07, 6.45) is 5.95. The first-order chi connectivity index (χ1) is 15.4. The van der Waals surface area contributed by atoms with Crippen molar-refractivity contribution in [3.63, 3.8) is 0 Å². The topological polar surface area (TPSA) is 16.8 Å². The van der Waals surface area contributed by atoms with E-state index >= 15 is 0 Å². The largest absolute Gasteiger partial charge is 0.252 e. The van der Waals surface area contributed by atoms with Gasteiger partial charge in [0.2, 0.25) is 5.69 Å². The molecule has 0 spiro atoms. The van der Waals surface area contributed by atoms with Crippen LogP contribution in [-0.4, -0.2) is 4.98 Å². The van der Waals surface area contributed by atoms with Crippen LogP contribution in [0.5, 0.6) is 0 Å². The van der Waals surface area contributed by atoms with E-state index in [-0.39, 0.29) is 0 Å². The Hall–Kier alpha value is -4.04. The van der Waals surface area contributed by atoms with E-state index in [4.69, 9.17) is 0 Å². The highest BCUT2D eigenvalue weighted by molar-refractivity contribution is 6.14. The second kappa shape index (κ2) is 7.33. The van der Waals surface area contributed by atoms with Crippen molar-refractivity contribution in [2.24, 2.45) is 0 Å². The van der Waals surface area contributed by atoms with Crippen LogP contribution in [0.15, 0.2) is 116 Å². The summed E-state index contributed by atoms with van der Waals surface area (Å²) in [5, 5.41) is 7.52. The zero-order valence-electron chi connectivity index (χ0n) is 17.1. The number of aromatic nitrogens is 2. The molecule has 1 aromatic heterocycles. The molecule has 1 heterocycles. The van der Waals surface area contributed by atoms with Gasteiger partial charge in [-0.1, -0.05) is 78.9 Å². The summed E-state index contributed by atoms with van der Waals surface area (Å²) in [6, 6.07) is 34.8. The normalized spacial score (nSPS) is 11.4. The molecule has 0 fully saturated rings. The summed E-state index contributed by atoms with van der Waals surface area (Å²) < 4.78 is 2.30. The highest BCUT2D eigenvalue weighted by Crippen LogP contribution is 2.36. The molecule has 2 heteroatoms. The van der Waals surface area contributed by atoms with E-state index in [1.54, 1.807) is 0 Å². The van der Waals surface area contributed by atoms with Crippen molar-refractivity contribution in [2.45, 2.75) is 6.54 Å². The Morgan fingerprint density at radius 2 is 1.29 bits per heavy atom. The van der Waals surface area contributed by atoms with E-state index in [1.807, 2.05) is 12.4 Å². The summed E-state index contributed by atoms with van der Waals surface area (Å²) in [5.41, 5.74) is 3.64. The predicted octanol–water partition coefficient (Wildman–Crippen LogP) is 6.54. The number of hydrogen-bond donors (Lipinski definition) is 0. The fourth-order valence-electron chi connectivity index (χ4n) is 4.55. The van der Waals surface area contributed by atoms with Crippen molar-refractivity contribution < 1.29 is 4.57 Å². The van der Waals surface area contributed by atoms with Gasteiger partial charge in [-0.15, -0.1) is 0 Å². The van der Waals surface area contributed by atoms with Gasteiger partial charge in [0.15, 0.2) is 12.7 Å². The Bertz CT molecular complexity index is 1550. The molecule has 0 radical (unpaired) electrons. The van der Waals surface area contributed by atoms with E-state index in [2.05, 4.69) is 113 Å². The zero-order chi connectivity index (χ0) is 20.6. The van der Waals surface area contributed by atoms with Gasteiger partial charge in [-0.2, -0.15) is 4.57 Å². The molecule has 0 saturated carbocycles. The van der Waals surface area contributed by atoms with Crippen molar-refractivity contribution >= 4 is 32.3 Å². The van der Waals surface area contributed by atoms with Crippen LogP contribution in [0.4, 0.5) is 0 Å². The first-order valence-corrected chi connectivity index (χ1v) is 10.6. The average molecular weight is 398 g/mol. The molecule has 31 heavy (non-hydrogen) atoms. The van der Waals surface area contributed by atoms with Gasteiger partial charge in [0, 0.05) is 5.56 Å². The van der Waals surface area contributed by atoms with Gasteiger partial charge in [-0.05, 0) is 50.5 Å². The third-order valence-corrected chi connectivity index (χ3v) is 6.02. The minimum absolute atomic E-state index is 0.803. The van der Waals surface area contributed by atoms with E-state index < -0.39 is 0 Å². The molecule has 6 rings (SSSR count). The minimum Gasteiger partial charge on any atom is -0.252 e. The van der Waals surface area contributed by atoms with Gasteiger partial charge >= 0.3 is 0 Å². The smallest absolute Gasteiger partial charge is 0.232 e. The van der Waals surface area contributed by atoms with Crippen LogP contribution in [0.25, 0.3) is 43.6 Å². The van der Waals surface area contributed by atoms with Gasteiger partial charge in [-0.3, -0.25) is 4.98 Å². The lowest BCUT2D eigenvalue weighted by molar-refractivity contribution is -0.677. The van der Waals surface area contributed by atoms with Crippen molar-refractivity contribution in [2.75, 3.05) is 0 Å². The van der Waals surface area contributed by atoms with Crippen LogP contribution < -0.4 is 4.57 Å². The highest BCUT2D eigenvalue weighted by atomic mass is 15.0. The van der Waals surface area contributed by atoms with Gasteiger partial charge in [0.1, 0.15) is 0 Å². The lowest BCUT2D eigenvalue weighted by Gasteiger charge is -2.12. The predicted molar refractivity (Wildman–Crippen MR) is 128 cm³/mol. The van der Waals surface area contributed by atoms with E-state index in [0.29, 0.717) is 0 Å². The summed E-state index contributed by atoms with van der Waals surface area (Å²) in [7, 11) is 0. The Balaban J connectivity index is 1.69. The first-order valence-electron chi connectivity index (χ1n) is 10.6. The van der Waals surface area contributed by atoms with Crippen molar-refractivity contribution in [1.29, 1.82) is 0 Å². The Kier molecular flexibility index (Phi) is 4.21. The lowest BCUT2D eigenvalue weighted by Crippen LogP contribution is -2.36. The second-order valence-corrected chi connectivity index (χ2v) is 7.97. The number of hydrogen-bond acceptors (Lipinski definition) is 1. The molecule has 0 unspecified atom stereocenters. The summed E-state index contributed by atoms with van der Waals surface area (Å²) >= 11 is 0. The third-order valence-electron chi connectivity index (χ3n) is 6.02. The molecule has 2 nitrogen and oxygen atoms in total. The van der Waals surface area contributed by atoms with Crippen molar-refractivity contribution in [3.05, 3.63) is 121 Å². The van der Waals surface area contributed by atoms with Crippen LogP contribution in [-0.2, 0) is 6.54 Å². The molecule has 0 bridgehead atoms. The fraction of sp³-hybridized carbons (Fsp3) is 0.0345. The molecule has 0 aliphatic heterocycles. The third kappa shape index (κ3) is 3.13. The molecular weight excluding hydrogens is 376 g/mol. The van der Waals surface area contributed by atoms with Crippen LogP contribution in [0, 0.1) is 0 Å². The maximum atomic E-state index is 4.52. The molecule has 5 aromatic carbocycles. The lowest BCUT2D eigenvalue weighted by atomic mass is 9.92. The van der Waals surface area contributed by atoms with Crippen LogP contribution in [0.1, 0.15) is 5.56 Å². The molecule has 6 aromatic rings. The maximum absolute atomic E-state index is 4.52. The molecule has 0 saturated heterocycles. The molecule has 0 amide bonds. The molecule has 0 N–H and O–H groups in total. The number of nitrogens with zero attached hydrogens (tertiary/aromatic N) is 2. The summed E-state index contributed by atoms with van der Waals surface area (Å²) in [5.74, 6) is 0. The molecule has 0 atom stereocenters. The fourth-order valence-corrected chi connectivity index (χ4v) is 4.55. The van der Waals surface area contributed by atoms with Crippen LogP contribution in [0.2, 0.25) is 0 Å². The van der Waals surface area contributed by atoms with E-state index in [1.165, 1.54) is 43.4 Å². The summed E-state index contributed by atoms with van der Waals surface area (Å²) in [6.45, 7) is 0.803. The van der Waals surface area contributed by atoms with Gasteiger partial charge < -0.3 is 0 Å². The van der Waals surface area contributed by atoms with Gasteiger partial charge in [-0.25, -0.2) is 0 Å². The minimum atomic E-state index is 0.803. The number of fused-ring (bicyclic) bond motifs is 3.